The van der Waals surface area contributed by atoms with Gasteiger partial charge in [0.25, 0.3) is 5.91 Å². The van der Waals surface area contributed by atoms with Crippen LogP contribution in [0.5, 0.6) is 5.75 Å². The van der Waals surface area contributed by atoms with Crippen LogP contribution in [-0.2, 0) is 16.1 Å². The number of urea groups is 1. The van der Waals surface area contributed by atoms with Crippen LogP contribution >= 0.6 is 0 Å². The van der Waals surface area contributed by atoms with E-state index in [0.717, 1.165) is 36.1 Å². The Labute approximate surface area is 159 Å². The first-order valence-corrected chi connectivity index (χ1v) is 9.61. The van der Waals surface area contributed by atoms with Crippen molar-refractivity contribution in [3.8, 4) is 5.75 Å². The molecule has 1 heterocycles. The Hall–Kier alpha value is -2.57. The number of methoxy groups -OCH3 is 1. The SMILES string of the molecule is COc1ccc(CN2C(=O)N[C@H](CC(=O)NC3CCCCCC3)C2=O)cc1. The predicted molar refractivity (Wildman–Crippen MR) is 100 cm³/mol. The van der Waals surface area contributed by atoms with Crippen molar-refractivity contribution in [2.45, 2.75) is 63.6 Å². The fourth-order valence-corrected chi connectivity index (χ4v) is 3.67. The maximum atomic E-state index is 12.6. The Morgan fingerprint density at radius 2 is 1.81 bits per heavy atom. The number of carbonyl (C=O) groups excluding carboxylic acids is 3. The smallest absolute Gasteiger partial charge is 0.325 e. The van der Waals surface area contributed by atoms with Gasteiger partial charge in [-0.15, -0.1) is 0 Å². The Bertz CT molecular complexity index is 681. The lowest BCUT2D eigenvalue weighted by Gasteiger charge is -2.17. The van der Waals surface area contributed by atoms with Crippen LogP contribution < -0.4 is 15.4 Å². The molecule has 0 radical (unpaired) electrons. The van der Waals surface area contributed by atoms with E-state index >= 15 is 0 Å². The predicted octanol–water partition coefficient (Wildman–Crippen LogP) is 2.34. The molecular formula is C20H27N3O4. The Kier molecular flexibility index (Phi) is 6.32. The van der Waals surface area contributed by atoms with Gasteiger partial charge in [-0.05, 0) is 30.5 Å². The molecule has 0 bridgehead atoms. The second-order valence-corrected chi connectivity index (χ2v) is 7.23. The Morgan fingerprint density at radius 3 is 2.44 bits per heavy atom. The standard InChI is InChI=1S/C20H27N3O4/c1-27-16-10-8-14(9-11-16)13-23-19(25)17(22-20(23)26)12-18(24)21-15-6-4-2-3-5-7-15/h8-11,15,17H,2-7,12-13H2,1H3,(H,21,24)(H,22,26)/t17-/m1/s1. The number of carbonyl (C=O) groups is 3. The molecule has 1 aromatic rings. The molecule has 7 heteroatoms. The fourth-order valence-electron chi connectivity index (χ4n) is 3.67. The number of benzene rings is 1. The monoisotopic (exact) mass is 373 g/mol. The lowest BCUT2D eigenvalue weighted by Crippen LogP contribution is -2.40. The minimum atomic E-state index is -0.790. The highest BCUT2D eigenvalue weighted by atomic mass is 16.5. The van der Waals surface area contributed by atoms with Crippen molar-refractivity contribution in [2.75, 3.05) is 7.11 Å². The van der Waals surface area contributed by atoms with Gasteiger partial charge in [-0.1, -0.05) is 37.8 Å². The number of amides is 4. The third-order valence-corrected chi connectivity index (χ3v) is 5.22. The van der Waals surface area contributed by atoms with Crippen LogP contribution in [0.1, 0.15) is 50.5 Å². The van der Waals surface area contributed by atoms with Crippen LogP contribution in [0, 0.1) is 0 Å². The highest BCUT2D eigenvalue weighted by Gasteiger charge is 2.39. The minimum absolute atomic E-state index is 0.0137. The molecule has 1 saturated carbocycles. The lowest BCUT2D eigenvalue weighted by molar-refractivity contribution is -0.131. The van der Waals surface area contributed by atoms with Crippen molar-refractivity contribution < 1.29 is 19.1 Å². The molecule has 1 aliphatic heterocycles. The Morgan fingerprint density at radius 1 is 1.15 bits per heavy atom. The third-order valence-electron chi connectivity index (χ3n) is 5.22. The van der Waals surface area contributed by atoms with Crippen LogP contribution in [0.3, 0.4) is 0 Å². The average molecular weight is 373 g/mol. The summed E-state index contributed by atoms with van der Waals surface area (Å²) >= 11 is 0. The third kappa shape index (κ3) is 4.99. The van der Waals surface area contributed by atoms with E-state index in [2.05, 4.69) is 10.6 Å². The molecule has 1 saturated heterocycles. The largest absolute Gasteiger partial charge is 0.497 e. The summed E-state index contributed by atoms with van der Waals surface area (Å²) in [5.41, 5.74) is 0.822. The fraction of sp³-hybridized carbons (Fsp3) is 0.550. The lowest BCUT2D eigenvalue weighted by atomic mass is 10.1. The van der Waals surface area contributed by atoms with Gasteiger partial charge in [0, 0.05) is 6.04 Å². The summed E-state index contributed by atoms with van der Waals surface area (Å²) in [4.78, 5) is 38.2. The maximum absolute atomic E-state index is 12.6. The zero-order valence-electron chi connectivity index (χ0n) is 15.7. The summed E-state index contributed by atoms with van der Waals surface area (Å²) in [6.45, 7) is 0.176. The zero-order valence-corrected chi connectivity index (χ0v) is 15.7. The van der Waals surface area contributed by atoms with E-state index < -0.39 is 12.1 Å². The van der Waals surface area contributed by atoms with Gasteiger partial charge in [0.05, 0.1) is 20.1 Å². The number of rotatable bonds is 6. The molecule has 146 valence electrons. The number of hydrogen-bond acceptors (Lipinski definition) is 4. The van der Waals surface area contributed by atoms with E-state index in [1.807, 2.05) is 12.1 Å². The van der Waals surface area contributed by atoms with Crippen LogP contribution in [0.25, 0.3) is 0 Å². The molecule has 27 heavy (non-hydrogen) atoms. The summed E-state index contributed by atoms with van der Waals surface area (Å²) in [5, 5.41) is 5.65. The van der Waals surface area contributed by atoms with E-state index in [0.29, 0.717) is 5.75 Å². The number of imide groups is 1. The number of nitrogens with zero attached hydrogens (tertiary/aromatic N) is 1. The molecule has 1 atom stereocenters. The van der Waals surface area contributed by atoms with Gasteiger partial charge in [0.15, 0.2) is 0 Å². The van der Waals surface area contributed by atoms with Gasteiger partial charge < -0.3 is 15.4 Å². The molecule has 3 rings (SSSR count). The molecule has 1 aliphatic carbocycles. The van der Waals surface area contributed by atoms with Gasteiger partial charge in [-0.25, -0.2) is 4.79 Å². The van der Waals surface area contributed by atoms with Gasteiger partial charge in [0.2, 0.25) is 5.91 Å². The van der Waals surface area contributed by atoms with E-state index in [1.54, 1.807) is 19.2 Å². The molecule has 4 amide bonds. The summed E-state index contributed by atoms with van der Waals surface area (Å²) in [6.07, 6.45) is 6.63. The van der Waals surface area contributed by atoms with E-state index in [1.165, 1.54) is 12.8 Å². The van der Waals surface area contributed by atoms with Gasteiger partial charge in [-0.2, -0.15) is 0 Å². The maximum Gasteiger partial charge on any atom is 0.325 e. The van der Waals surface area contributed by atoms with Crippen LogP contribution in [0.4, 0.5) is 4.79 Å². The summed E-state index contributed by atoms with van der Waals surface area (Å²) in [5.74, 6) is 0.183. The second kappa shape index (κ2) is 8.88. The summed E-state index contributed by atoms with van der Waals surface area (Å²) in [7, 11) is 1.58. The van der Waals surface area contributed by atoms with Crippen molar-refractivity contribution in [2.24, 2.45) is 0 Å². The molecule has 0 unspecified atom stereocenters. The normalized spacial score (nSPS) is 20.9. The first-order valence-electron chi connectivity index (χ1n) is 9.61. The Balaban J connectivity index is 1.54. The quantitative estimate of drug-likeness (QED) is 0.592. The second-order valence-electron chi connectivity index (χ2n) is 7.23. The number of hydrogen-bond donors (Lipinski definition) is 2. The summed E-state index contributed by atoms with van der Waals surface area (Å²) < 4.78 is 5.11. The molecule has 0 spiro atoms. The van der Waals surface area contributed by atoms with Crippen molar-refractivity contribution in [1.29, 1.82) is 0 Å². The molecule has 2 fully saturated rings. The van der Waals surface area contributed by atoms with Crippen LogP contribution in [0.15, 0.2) is 24.3 Å². The summed E-state index contributed by atoms with van der Waals surface area (Å²) in [6, 6.07) is 6.13. The van der Waals surface area contributed by atoms with Crippen LogP contribution in [-0.4, -0.2) is 41.9 Å². The highest BCUT2D eigenvalue weighted by Crippen LogP contribution is 2.19. The first kappa shape index (κ1) is 19.2. The molecular weight excluding hydrogens is 346 g/mol. The van der Waals surface area contributed by atoms with Gasteiger partial charge in [0.1, 0.15) is 11.8 Å². The molecule has 1 aromatic carbocycles. The molecule has 2 aliphatic rings. The zero-order chi connectivity index (χ0) is 19.2. The van der Waals surface area contributed by atoms with Crippen molar-refractivity contribution in [3.05, 3.63) is 29.8 Å². The molecule has 0 aromatic heterocycles. The van der Waals surface area contributed by atoms with Gasteiger partial charge in [-0.3, -0.25) is 14.5 Å². The number of ether oxygens (including phenoxy) is 1. The van der Waals surface area contributed by atoms with E-state index in [4.69, 9.17) is 4.74 Å². The van der Waals surface area contributed by atoms with Crippen molar-refractivity contribution >= 4 is 17.8 Å². The first-order chi connectivity index (χ1) is 13.1. The van der Waals surface area contributed by atoms with Crippen molar-refractivity contribution in [3.63, 3.8) is 0 Å². The molecule has 7 nitrogen and oxygen atoms in total. The van der Waals surface area contributed by atoms with E-state index in [-0.39, 0.29) is 30.8 Å². The van der Waals surface area contributed by atoms with E-state index in [9.17, 15) is 14.4 Å². The average Bonchev–Trinajstić information content (AvgIpc) is 2.85. The van der Waals surface area contributed by atoms with Crippen molar-refractivity contribution in [1.82, 2.24) is 15.5 Å². The van der Waals surface area contributed by atoms with Gasteiger partial charge >= 0.3 is 6.03 Å². The highest BCUT2D eigenvalue weighted by molar-refractivity contribution is 6.05. The minimum Gasteiger partial charge on any atom is -0.497 e. The van der Waals surface area contributed by atoms with Crippen LogP contribution in [0.2, 0.25) is 0 Å². The number of nitrogens with one attached hydrogen (secondary N) is 2. The topological polar surface area (TPSA) is 87.7 Å². The molecule has 2 N–H and O–H groups in total.